The summed E-state index contributed by atoms with van der Waals surface area (Å²) in [5, 5.41) is 4.33. The highest BCUT2D eigenvalue weighted by Gasteiger charge is 2.21. The average Bonchev–Trinajstić information content (AvgIpc) is 2.94. The summed E-state index contributed by atoms with van der Waals surface area (Å²) < 4.78 is 28.4. The molecule has 0 aliphatic heterocycles. The maximum absolute atomic E-state index is 12.6. The first kappa shape index (κ1) is 17.7. The molecule has 0 aliphatic carbocycles. The molecule has 0 bridgehead atoms. The maximum Gasteiger partial charge on any atom is 0.243 e. The molecule has 0 aliphatic rings. The molecule has 0 unspecified atom stereocenters. The van der Waals surface area contributed by atoms with Gasteiger partial charge in [-0.25, -0.2) is 8.42 Å². The molecule has 1 aromatic carbocycles. The van der Waals surface area contributed by atoms with Crippen molar-refractivity contribution in [3.8, 4) is 0 Å². The van der Waals surface area contributed by atoms with Crippen LogP contribution in [0.2, 0.25) is 0 Å². The van der Waals surface area contributed by atoms with Crippen molar-refractivity contribution in [2.45, 2.75) is 45.2 Å². The van der Waals surface area contributed by atoms with Gasteiger partial charge in [0.15, 0.2) is 0 Å². The van der Waals surface area contributed by atoms with E-state index in [0.29, 0.717) is 10.8 Å². The molecule has 23 heavy (non-hydrogen) atoms. The van der Waals surface area contributed by atoms with Gasteiger partial charge in [0.2, 0.25) is 10.0 Å². The van der Waals surface area contributed by atoms with Crippen LogP contribution in [-0.4, -0.2) is 29.6 Å². The number of benzene rings is 1. The van der Waals surface area contributed by atoms with Gasteiger partial charge >= 0.3 is 0 Å². The third-order valence-electron chi connectivity index (χ3n) is 3.68. The standard InChI is InChI=1S/C17H25N3O2S/c1-5-20-11-10-16(18-20)13-19(4)23(21,22)17-8-6-15(7-9-17)12-14(2)3/h6-11,14H,5,12-13H2,1-4H3. The van der Waals surface area contributed by atoms with Gasteiger partial charge in [-0.1, -0.05) is 26.0 Å². The minimum absolute atomic E-state index is 0.267. The summed E-state index contributed by atoms with van der Waals surface area (Å²) in [6, 6.07) is 9.02. The summed E-state index contributed by atoms with van der Waals surface area (Å²) in [7, 11) is -1.91. The number of sulfonamides is 1. The molecule has 0 saturated heterocycles. The van der Waals surface area contributed by atoms with Crippen LogP contribution in [0, 0.1) is 5.92 Å². The second-order valence-corrected chi connectivity index (χ2v) is 8.21. The number of rotatable bonds is 7. The molecule has 2 aromatic rings. The predicted octanol–water partition coefficient (Wildman–Crippen LogP) is 2.92. The van der Waals surface area contributed by atoms with Crippen molar-refractivity contribution >= 4 is 10.0 Å². The van der Waals surface area contributed by atoms with Gasteiger partial charge in [-0.15, -0.1) is 0 Å². The van der Waals surface area contributed by atoms with Crippen LogP contribution in [0.3, 0.4) is 0 Å². The Morgan fingerprint density at radius 3 is 2.35 bits per heavy atom. The summed E-state index contributed by atoms with van der Waals surface area (Å²) in [5.74, 6) is 0.550. The van der Waals surface area contributed by atoms with E-state index in [-0.39, 0.29) is 6.54 Å². The summed E-state index contributed by atoms with van der Waals surface area (Å²) >= 11 is 0. The Morgan fingerprint density at radius 1 is 1.17 bits per heavy atom. The summed E-state index contributed by atoms with van der Waals surface area (Å²) in [4.78, 5) is 0.322. The van der Waals surface area contributed by atoms with Gasteiger partial charge in [0, 0.05) is 19.8 Å². The van der Waals surface area contributed by atoms with Crippen molar-refractivity contribution in [3.05, 3.63) is 47.8 Å². The van der Waals surface area contributed by atoms with E-state index in [1.54, 1.807) is 23.9 Å². The molecule has 2 rings (SSSR count). The Kier molecular flexibility index (Phi) is 5.59. The number of nitrogens with zero attached hydrogens (tertiary/aromatic N) is 3. The Balaban J connectivity index is 2.13. The summed E-state index contributed by atoms with van der Waals surface area (Å²) in [6.07, 6.45) is 2.81. The van der Waals surface area contributed by atoms with Crippen LogP contribution in [-0.2, 0) is 29.5 Å². The van der Waals surface area contributed by atoms with Crippen LogP contribution in [0.1, 0.15) is 32.0 Å². The van der Waals surface area contributed by atoms with E-state index in [4.69, 9.17) is 0 Å². The second-order valence-electron chi connectivity index (χ2n) is 6.17. The number of aromatic nitrogens is 2. The van der Waals surface area contributed by atoms with Crippen LogP contribution in [0.25, 0.3) is 0 Å². The van der Waals surface area contributed by atoms with Gasteiger partial charge in [-0.05, 0) is 43.0 Å². The zero-order valence-corrected chi connectivity index (χ0v) is 15.0. The lowest BCUT2D eigenvalue weighted by Gasteiger charge is -2.16. The first-order valence-corrected chi connectivity index (χ1v) is 9.34. The normalized spacial score (nSPS) is 12.3. The van der Waals surface area contributed by atoms with Gasteiger partial charge in [0.05, 0.1) is 17.1 Å². The van der Waals surface area contributed by atoms with Gasteiger partial charge in [0.1, 0.15) is 0 Å². The molecule has 0 atom stereocenters. The van der Waals surface area contributed by atoms with Crippen LogP contribution >= 0.6 is 0 Å². The van der Waals surface area contributed by atoms with E-state index in [9.17, 15) is 8.42 Å². The third-order valence-corrected chi connectivity index (χ3v) is 5.50. The Bertz CT molecular complexity index is 733. The van der Waals surface area contributed by atoms with E-state index in [1.165, 1.54) is 4.31 Å². The van der Waals surface area contributed by atoms with E-state index in [2.05, 4.69) is 18.9 Å². The third kappa shape index (κ3) is 4.42. The van der Waals surface area contributed by atoms with Gasteiger partial charge in [-0.2, -0.15) is 9.40 Å². The molecule has 0 spiro atoms. The Hall–Kier alpha value is -1.66. The topological polar surface area (TPSA) is 55.2 Å². The van der Waals surface area contributed by atoms with E-state index in [1.807, 2.05) is 31.3 Å². The quantitative estimate of drug-likeness (QED) is 0.782. The molecule has 0 saturated carbocycles. The lowest BCUT2D eigenvalue weighted by Crippen LogP contribution is -2.26. The molecule has 6 heteroatoms. The summed E-state index contributed by atoms with van der Waals surface area (Å²) in [6.45, 7) is 7.33. The zero-order valence-electron chi connectivity index (χ0n) is 14.2. The second kappa shape index (κ2) is 7.27. The molecule has 0 N–H and O–H groups in total. The van der Waals surface area contributed by atoms with Crippen LogP contribution in [0.15, 0.2) is 41.4 Å². The average molecular weight is 335 g/mol. The zero-order chi connectivity index (χ0) is 17.0. The van der Waals surface area contributed by atoms with E-state index < -0.39 is 10.0 Å². The number of hydrogen-bond acceptors (Lipinski definition) is 3. The first-order valence-electron chi connectivity index (χ1n) is 7.90. The molecule has 5 nitrogen and oxygen atoms in total. The Morgan fingerprint density at radius 2 is 1.83 bits per heavy atom. The first-order chi connectivity index (χ1) is 10.8. The largest absolute Gasteiger partial charge is 0.273 e. The highest BCUT2D eigenvalue weighted by Crippen LogP contribution is 2.18. The molecular formula is C17H25N3O2S. The minimum atomic E-state index is -3.50. The van der Waals surface area contributed by atoms with Crippen molar-refractivity contribution in [3.63, 3.8) is 0 Å². The minimum Gasteiger partial charge on any atom is -0.273 e. The van der Waals surface area contributed by atoms with Gasteiger partial charge < -0.3 is 0 Å². The summed E-state index contributed by atoms with van der Waals surface area (Å²) in [5.41, 5.74) is 1.90. The highest BCUT2D eigenvalue weighted by atomic mass is 32.2. The van der Waals surface area contributed by atoms with Crippen LogP contribution in [0.4, 0.5) is 0 Å². The lowest BCUT2D eigenvalue weighted by atomic mass is 10.0. The molecule has 126 valence electrons. The molecule has 1 aromatic heterocycles. The lowest BCUT2D eigenvalue weighted by molar-refractivity contribution is 0.458. The fourth-order valence-electron chi connectivity index (χ4n) is 2.43. The van der Waals surface area contributed by atoms with Gasteiger partial charge in [-0.3, -0.25) is 4.68 Å². The molecular weight excluding hydrogens is 310 g/mol. The van der Waals surface area contributed by atoms with Crippen molar-refractivity contribution in [2.75, 3.05) is 7.05 Å². The fraction of sp³-hybridized carbons (Fsp3) is 0.471. The molecule has 1 heterocycles. The van der Waals surface area contributed by atoms with E-state index in [0.717, 1.165) is 24.2 Å². The smallest absolute Gasteiger partial charge is 0.243 e. The Labute approximate surface area is 139 Å². The number of hydrogen-bond donors (Lipinski definition) is 0. The molecule has 0 amide bonds. The van der Waals surface area contributed by atoms with E-state index >= 15 is 0 Å². The van der Waals surface area contributed by atoms with Crippen molar-refractivity contribution in [2.24, 2.45) is 5.92 Å². The van der Waals surface area contributed by atoms with Crippen LogP contribution < -0.4 is 0 Å². The van der Waals surface area contributed by atoms with Crippen LogP contribution in [0.5, 0.6) is 0 Å². The molecule has 0 radical (unpaired) electrons. The van der Waals surface area contributed by atoms with Crippen molar-refractivity contribution in [1.29, 1.82) is 0 Å². The fourth-order valence-corrected chi connectivity index (χ4v) is 3.57. The van der Waals surface area contributed by atoms with Crippen molar-refractivity contribution < 1.29 is 8.42 Å². The monoisotopic (exact) mass is 335 g/mol. The van der Waals surface area contributed by atoms with Crippen molar-refractivity contribution in [1.82, 2.24) is 14.1 Å². The SMILES string of the molecule is CCn1ccc(CN(C)S(=O)(=O)c2ccc(CC(C)C)cc2)n1. The molecule has 0 fully saturated rings. The van der Waals surface area contributed by atoms with Gasteiger partial charge in [0.25, 0.3) is 0 Å². The highest BCUT2D eigenvalue weighted by molar-refractivity contribution is 7.89. The predicted molar refractivity (Wildman–Crippen MR) is 91.5 cm³/mol. The number of aryl methyl sites for hydroxylation is 1. The maximum atomic E-state index is 12.6.